The first-order valence-corrected chi connectivity index (χ1v) is 5.97. The van der Waals surface area contributed by atoms with Crippen molar-refractivity contribution in [3.8, 4) is 0 Å². The molecule has 1 aliphatic rings. The van der Waals surface area contributed by atoms with Crippen LogP contribution in [0.1, 0.15) is 12.0 Å². The molecule has 5 heteroatoms. The van der Waals surface area contributed by atoms with E-state index < -0.39 is 0 Å². The zero-order chi connectivity index (χ0) is 12.8. The normalized spacial score (nSPS) is 15.0. The summed E-state index contributed by atoms with van der Waals surface area (Å²) in [6.45, 7) is 1.62. The minimum Gasteiger partial charge on any atom is -0.377 e. The van der Waals surface area contributed by atoms with Crippen molar-refractivity contribution in [2.24, 2.45) is 0 Å². The van der Waals surface area contributed by atoms with Crippen LogP contribution in [0.3, 0.4) is 0 Å². The molecule has 0 saturated carbocycles. The molecule has 1 heterocycles. The van der Waals surface area contributed by atoms with Crippen LogP contribution >= 0.6 is 0 Å². The van der Waals surface area contributed by atoms with E-state index in [1.54, 1.807) is 0 Å². The van der Waals surface area contributed by atoms with Crippen molar-refractivity contribution in [2.75, 3.05) is 19.7 Å². The number of nitrogens with one attached hydrogen (secondary N) is 1. The minimum atomic E-state index is -0.303. The molecule has 0 bridgehead atoms. The molecule has 18 heavy (non-hydrogen) atoms. The maximum absolute atomic E-state index is 11.3. The van der Waals surface area contributed by atoms with E-state index in [0.717, 1.165) is 5.56 Å². The standard InChI is InChI=1S/C13H16N2O3/c16-12-9-14-13(17)15(12)7-4-8-18-10-11-5-2-1-3-6-11/h1-3,5-6H,4,7-10H2,(H,14,17). The molecule has 3 amide bonds. The molecule has 0 atom stereocenters. The highest BCUT2D eigenvalue weighted by molar-refractivity contribution is 6.01. The fraction of sp³-hybridized carbons (Fsp3) is 0.385. The van der Waals surface area contributed by atoms with Gasteiger partial charge in [-0.05, 0) is 12.0 Å². The molecule has 1 aromatic rings. The van der Waals surface area contributed by atoms with Gasteiger partial charge in [0.05, 0.1) is 13.2 Å². The molecule has 0 radical (unpaired) electrons. The van der Waals surface area contributed by atoms with E-state index in [4.69, 9.17) is 4.74 Å². The molecular formula is C13H16N2O3. The van der Waals surface area contributed by atoms with Crippen molar-refractivity contribution in [3.63, 3.8) is 0 Å². The second-order valence-corrected chi connectivity index (χ2v) is 4.10. The molecule has 1 aromatic carbocycles. The Balaban J connectivity index is 1.62. The summed E-state index contributed by atoms with van der Waals surface area (Å²) in [7, 11) is 0. The number of rotatable bonds is 6. The first-order valence-electron chi connectivity index (χ1n) is 5.97. The van der Waals surface area contributed by atoms with E-state index in [0.29, 0.717) is 26.2 Å². The molecule has 2 rings (SSSR count). The molecule has 5 nitrogen and oxygen atoms in total. The van der Waals surface area contributed by atoms with Gasteiger partial charge in [-0.1, -0.05) is 30.3 Å². The van der Waals surface area contributed by atoms with Crippen molar-refractivity contribution in [1.82, 2.24) is 10.2 Å². The van der Waals surface area contributed by atoms with Gasteiger partial charge in [0, 0.05) is 13.2 Å². The number of benzene rings is 1. The van der Waals surface area contributed by atoms with Crippen molar-refractivity contribution in [3.05, 3.63) is 35.9 Å². The Morgan fingerprint density at radius 2 is 2.00 bits per heavy atom. The summed E-state index contributed by atoms with van der Waals surface area (Å²) in [5, 5.41) is 2.48. The highest BCUT2D eigenvalue weighted by atomic mass is 16.5. The number of nitrogens with zero attached hydrogens (tertiary/aromatic N) is 1. The predicted molar refractivity (Wildman–Crippen MR) is 65.8 cm³/mol. The van der Waals surface area contributed by atoms with Crippen LogP contribution in [0.2, 0.25) is 0 Å². The maximum Gasteiger partial charge on any atom is 0.324 e. The maximum atomic E-state index is 11.3. The summed E-state index contributed by atoms with van der Waals surface area (Å²) < 4.78 is 5.48. The first kappa shape index (κ1) is 12.6. The zero-order valence-electron chi connectivity index (χ0n) is 10.1. The number of carbonyl (C=O) groups excluding carboxylic acids is 2. The third-order valence-corrected chi connectivity index (χ3v) is 2.72. The molecular weight excluding hydrogens is 232 g/mol. The Morgan fingerprint density at radius 3 is 2.67 bits per heavy atom. The predicted octanol–water partition coefficient (Wildman–Crippen LogP) is 1.15. The third kappa shape index (κ3) is 3.30. The lowest BCUT2D eigenvalue weighted by molar-refractivity contribution is -0.125. The second kappa shape index (κ2) is 6.16. The lowest BCUT2D eigenvalue weighted by Crippen LogP contribution is -2.32. The van der Waals surface area contributed by atoms with E-state index in [9.17, 15) is 9.59 Å². The Bertz CT molecular complexity index is 404. The summed E-state index contributed by atoms with van der Waals surface area (Å²) in [4.78, 5) is 23.7. The van der Waals surface area contributed by atoms with Gasteiger partial charge in [0.15, 0.2) is 0 Å². The number of imide groups is 1. The molecule has 0 spiro atoms. The van der Waals surface area contributed by atoms with Gasteiger partial charge in [-0.2, -0.15) is 0 Å². The summed E-state index contributed by atoms with van der Waals surface area (Å²) in [5.74, 6) is -0.164. The Hall–Kier alpha value is -1.88. The van der Waals surface area contributed by atoms with Gasteiger partial charge in [-0.3, -0.25) is 9.69 Å². The van der Waals surface area contributed by atoms with Crippen molar-refractivity contribution in [2.45, 2.75) is 13.0 Å². The van der Waals surface area contributed by atoms with Crippen LogP contribution in [0.25, 0.3) is 0 Å². The fourth-order valence-electron chi connectivity index (χ4n) is 1.77. The Kier molecular flexibility index (Phi) is 4.30. The molecule has 96 valence electrons. The number of urea groups is 1. The summed E-state index contributed by atoms with van der Waals surface area (Å²) >= 11 is 0. The smallest absolute Gasteiger partial charge is 0.324 e. The molecule has 1 aliphatic heterocycles. The van der Waals surface area contributed by atoms with Gasteiger partial charge in [0.2, 0.25) is 5.91 Å². The average Bonchev–Trinajstić information content (AvgIpc) is 2.71. The van der Waals surface area contributed by atoms with Crippen LogP contribution in [0.4, 0.5) is 4.79 Å². The zero-order valence-corrected chi connectivity index (χ0v) is 10.1. The van der Waals surface area contributed by atoms with Crippen LogP contribution < -0.4 is 5.32 Å². The quantitative estimate of drug-likeness (QED) is 0.606. The van der Waals surface area contributed by atoms with Crippen LogP contribution in [-0.4, -0.2) is 36.5 Å². The minimum absolute atomic E-state index is 0.115. The fourth-order valence-corrected chi connectivity index (χ4v) is 1.77. The van der Waals surface area contributed by atoms with Crippen molar-refractivity contribution < 1.29 is 14.3 Å². The average molecular weight is 248 g/mol. The Morgan fingerprint density at radius 1 is 1.22 bits per heavy atom. The summed E-state index contributed by atoms with van der Waals surface area (Å²) in [6, 6.07) is 9.58. The molecule has 1 saturated heterocycles. The Labute approximate surface area is 106 Å². The number of hydrogen-bond donors (Lipinski definition) is 1. The van der Waals surface area contributed by atoms with Crippen LogP contribution in [0.5, 0.6) is 0 Å². The van der Waals surface area contributed by atoms with Crippen molar-refractivity contribution in [1.29, 1.82) is 0 Å². The molecule has 1 fully saturated rings. The summed E-state index contributed by atoms with van der Waals surface area (Å²) in [6.07, 6.45) is 0.659. The molecule has 0 unspecified atom stereocenters. The largest absolute Gasteiger partial charge is 0.377 e. The SMILES string of the molecule is O=C1CNC(=O)N1CCCOCc1ccccc1. The second-order valence-electron chi connectivity index (χ2n) is 4.10. The number of ether oxygens (including phenoxy) is 1. The van der Waals surface area contributed by atoms with Crippen LogP contribution in [0, 0.1) is 0 Å². The van der Waals surface area contributed by atoms with E-state index in [2.05, 4.69) is 5.32 Å². The van der Waals surface area contributed by atoms with Gasteiger partial charge in [0.1, 0.15) is 0 Å². The number of carbonyl (C=O) groups is 2. The third-order valence-electron chi connectivity index (χ3n) is 2.72. The topological polar surface area (TPSA) is 58.6 Å². The highest BCUT2D eigenvalue weighted by Crippen LogP contribution is 2.03. The van der Waals surface area contributed by atoms with E-state index in [1.807, 2.05) is 30.3 Å². The monoisotopic (exact) mass is 248 g/mol. The first-order chi connectivity index (χ1) is 8.77. The number of hydrogen-bond acceptors (Lipinski definition) is 3. The van der Waals surface area contributed by atoms with Crippen LogP contribution in [0.15, 0.2) is 30.3 Å². The molecule has 0 aromatic heterocycles. The van der Waals surface area contributed by atoms with Crippen molar-refractivity contribution >= 4 is 11.9 Å². The van der Waals surface area contributed by atoms with Gasteiger partial charge in [0.25, 0.3) is 0 Å². The van der Waals surface area contributed by atoms with Gasteiger partial charge in [-0.15, -0.1) is 0 Å². The highest BCUT2D eigenvalue weighted by Gasteiger charge is 2.27. The summed E-state index contributed by atoms with van der Waals surface area (Å²) in [5.41, 5.74) is 1.12. The lowest BCUT2D eigenvalue weighted by Gasteiger charge is -2.11. The van der Waals surface area contributed by atoms with E-state index in [-0.39, 0.29) is 18.5 Å². The van der Waals surface area contributed by atoms with E-state index >= 15 is 0 Å². The van der Waals surface area contributed by atoms with Gasteiger partial charge in [-0.25, -0.2) is 4.79 Å². The van der Waals surface area contributed by atoms with Crippen LogP contribution in [-0.2, 0) is 16.1 Å². The molecule has 0 aliphatic carbocycles. The van der Waals surface area contributed by atoms with E-state index in [1.165, 1.54) is 4.90 Å². The lowest BCUT2D eigenvalue weighted by atomic mass is 10.2. The van der Waals surface area contributed by atoms with Gasteiger partial charge >= 0.3 is 6.03 Å². The van der Waals surface area contributed by atoms with Gasteiger partial charge < -0.3 is 10.1 Å². The number of amides is 3. The molecule has 1 N–H and O–H groups in total.